The van der Waals surface area contributed by atoms with Crippen LogP contribution in [0.3, 0.4) is 0 Å². The zero-order chi connectivity index (χ0) is 22.6. The molecule has 1 fully saturated rings. The number of piperazine rings is 1. The van der Waals surface area contributed by atoms with Crippen LogP contribution in [0.1, 0.15) is 16.7 Å². The van der Waals surface area contributed by atoms with Crippen molar-refractivity contribution in [1.29, 1.82) is 0 Å². The fourth-order valence-corrected chi connectivity index (χ4v) is 5.15. The minimum absolute atomic E-state index is 0.0636. The van der Waals surface area contributed by atoms with Gasteiger partial charge in [0.05, 0.1) is 20.5 Å². The Morgan fingerprint density at radius 3 is 2.53 bits per heavy atom. The quantitative estimate of drug-likeness (QED) is 0.353. The summed E-state index contributed by atoms with van der Waals surface area (Å²) < 4.78 is 2.14. The molecular weight excluding hydrogens is 426 g/mol. The lowest BCUT2D eigenvalue weighted by atomic mass is 10.1. The summed E-state index contributed by atoms with van der Waals surface area (Å²) in [5.41, 5.74) is 5.00. The summed E-state index contributed by atoms with van der Waals surface area (Å²) in [7, 11) is 2.05. The van der Waals surface area contributed by atoms with E-state index >= 15 is 0 Å². The van der Waals surface area contributed by atoms with Crippen LogP contribution in [0.4, 0.5) is 11.4 Å². The normalized spacial score (nSPS) is 15.8. The molecule has 0 aliphatic carbocycles. The highest BCUT2D eigenvalue weighted by Crippen LogP contribution is 2.30. The summed E-state index contributed by atoms with van der Waals surface area (Å²) in [6.07, 6.45) is 1.72. The fourth-order valence-electron chi connectivity index (χ4n) is 4.16. The van der Waals surface area contributed by atoms with Crippen molar-refractivity contribution < 1.29 is 4.92 Å². The molecule has 0 spiro atoms. The molecule has 0 N–H and O–H groups in total. The summed E-state index contributed by atoms with van der Waals surface area (Å²) >= 11 is 1.30. The average Bonchev–Trinajstić information content (AvgIpc) is 3.25. The van der Waals surface area contributed by atoms with Crippen LogP contribution in [0.5, 0.6) is 0 Å². The molecular formula is C23H23N5O3S. The van der Waals surface area contributed by atoms with Gasteiger partial charge in [0.25, 0.3) is 11.2 Å². The molecule has 164 valence electrons. The van der Waals surface area contributed by atoms with Crippen molar-refractivity contribution in [2.75, 3.05) is 38.1 Å². The minimum atomic E-state index is -0.344. The number of rotatable bonds is 3. The molecule has 0 atom stereocenters. The first-order valence-electron chi connectivity index (χ1n) is 10.5. The molecule has 5 rings (SSSR count). The van der Waals surface area contributed by atoms with Gasteiger partial charge in [-0.05, 0) is 61.9 Å². The Hall–Kier alpha value is -3.30. The molecule has 9 heteroatoms. The van der Waals surface area contributed by atoms with E-state index in [2.05, 4.69) is 14.8 Å². The smallest absolute Gasteiger partial charge is 0.293 e. The lowest BCUT2D eigenvalue weighted by Gasteiger charge is -2.33. The second-order valence-corrected chi connectivity index (χ2v) is 9.38. The number of nitro groups is 1. The van der Waals surface area contributed by atoms with Crippen molar-refractivity contribution in [3.8, 4) is 0 Å². The van der Waals surface area contributed by atoms with E-state index < -0.39 is 0 Å². The molecule has 4 aromatic rings. The number of nitrogens with zero attached hydrogens (tertiary/aromatic N) is 5. The number of likely N-dealkylation sites (N-methyl/N-ethyl adjacent to an activating group) is 1. The van der Waals surface area contributed by atoms with E-state index in [-0.39, 0.29) is 16.2 Å². The molecule has 0 amide bonds. The molecule has 32 heavy (non-hydrogen) atoms. The highest BCUT2D eigenvalue weighted by molar-refractivity contribution is 7.15. The largest absolute Gasteiger partial charge is 0.363 e. The van der Waals surface area contributed by atoms with Crippen molar-refractivity contribution in [3.63, 3.8) is 0 Å². The molecule has 0 saturated carbocycles. The summed E-state index contributed by atoms with van der Waals surface area (Å²) in [5.74, 6) is 0. The third-order valence-corrected chi connectivity index (χ3v) is 7.16. The van der Waals surface area contributed by atoms with E-state index in [0.717, 1.165) is 48.3 Å². The van der Waals surface area contributed by atoms with Gasteiger partial charge >= 0.3 is 0 Å². The number of aromatic nitrogens is 2. The number of anilines is 1. The fraction of sp³-hybridized carbons (Fsp3) is 0.304. The molecule has 2 aromatic carbocycles. The summed E-state index contributed by atoms with van der Waals surface area (Å²) in [6, 6.07) is 9.17. The van der Waals surface area contributed by atoms with Gasteiger partial charge in [0.2, 0.25) is 0 Å². The molecule has 0 unspecified atom stereocenters. The third kappa shape index (κ3) is 3.43. The van der Waals surface area contributed by atoms with Crippen LogP contribution >= 0.6 is 11.3 Å². The summed E-state index contributed by atoms with van der Waals surface area (Å²) in [6.45, 7) is 7.27. The number of nitro benzene ring substituents is 1. The molecule has 2 aromatic heterocycles. The van der Waals surface area contributed by atoms with Crippen LogP contribution in [0, 0.1) is 24.0 Å². The number of hydrogen-bond acceptors (Lipinski definition) is 7. The van der Waals surface area contributed by atoms with E-state index in [9.17, 15) is 14.9 Å². The van der Waals surface area contributed by atoms with Crippen LogP contribution in [0.15, 0.2) is 35.1 Å². The van der Waals surface area contributed by atoms with Gasteiger partial charge in [-0.15, -0.1) is 0 Å². The molecule has 0 radical (unpaired) electrons. The Labute approximate surface area is 188 Å². The van der Waals surface area contributed by atoms with Crippen molar-refractivity contribution in [2.45, 2.75) is 13.8 Å². The molecule has 0 bridgehead atoms. The van der Waals surface area contributed by atoms with E-state index in [4.69, 9.17) is 0 Å². The standard InChI is InChI=1S/C23H23N5O3S/c1-14-10-17-19(11-15(14)2)27-22(29)21(32-23(27)24-17)13-16-4-5-18(20(12-16)28(30)31)26-8-6-25(3)7-9-26/h4-5,10-13H,6-9H2,1-3H3/b21-13+. The number of hydrogen-bond donors (Lipinski definition) is 0. The Morgan fingerprint density at radius 2 is 1.81 bits per heavy atom. The van der Waals surface area contributed by atoms with Crippen LogP contribution in [-0.2, 0) is 0 Å². The van der Waals surface area contributed by atoms with E-state index in [1.54, 1.807) is 22.6 Å². The topological polar surface area (TPSA) is 84.0 Å². The predicted molar refractivity (Wildman–Crippen MR) is 128 cm³/mol. The van der Waals surface area contributed by atoms with E-state index in [1.807, 2.05) is 39.1 Å². The number of fused-ring (bicyclic) bond motifs is 3. The first-order chi connectivity index (χ1) is 15.3. The summed E-state index contributed by atoms with van der Waals surface area (Å²) in [4.78, 5) is 34.1. The van der Waals surface area contributed by atoms with Gasteiger partial charge in [-0.3, -0.25) is 14.9 Å². The lowest BCUT2D eigenvalue weighted by Crippen LogP contribution is -2.44. The zero-order valence-corrected chi connectivity index (χ0v) is 19.0. The third-order valence-electron chi connectivity index (χ3n) is 6.19. The number of thiazole rings is 1. The molecule has 1 saturated heterocycles. The first-order valence-corrected chi connectivity index (χ1v) is 11.3. The van der Waals surface area contributed by atoms with Gasteiger partial charge in [0.1, 0.15) is 5.69 Å². The van der Waals surface area contributed by atoms with Gasteiger partial charge in [-0.2, -0.15) is 0 Å². The van der Waals surface area contributed by atoms with Gasteiger partial charge in [0, 0.05) is 32.2 Å². The second-order valence-electron chi connectivity index (χ2n) is 8.37. The van der Waals surface area contributed by atoms with Gasteiger partial charge in [0.15, 0.2) is 4.96 Å². The van der Waals surface area contributed by atoms with Gasteiger partial charge in [-0.1, -0.05) is 17.4 Å². The number of imidazole rings is 1. The van der Waals surface area contributed by atoms with Crippen molar-refractivity contribution in [2.24, 2.45) is 0 Å². The van der Waals surface area contributed by atoms with Crippen molar-refractivity contribution >= 4 is 44.8 Å². The molecule has 3 heterocycles. The SMILES string of the molecule is Cc1cc2nc3s/c(=C/c4ccc(N5CCN(C)CC5)c([N+](=O)[O-])c4)c(=O)n3c2cc1C. The lowest BCUT2D eigenvalue weighted by molar-refractivity contribution is -0.384. The van der Waals surface area contributed by atoms with Crippen LogP contribution in [-0.4, -0.2) is 52.4 Å². The maximum Gasteiger partial charge on any atom is 0.293 e. The van der Waals surface area contributed by atoms with Crippen LogP contribution in [0.25, 0.3) is 22.1 Å². The maximum absolute atomic E-state index is 13.1. The predicted octanol–water partition coefficient (Wildman–Crippen LogP) is 2.73. The Balaban J connectivity index is 1.59. The zero-order valence-electron chi connectivity index (χ0n) is 18.2. The summed E-state index contributed by atoms with van der Waals surface area (Å²) in [5, 5.41) is 11.8. The Bertz CT molecular complexity index is 1480. The highest BCUT2D eigenvalue weighted by atomic mass is 32.1. The van der Waals surface area contributed by atoms with E-state index in [0.29, 0.717) is 20.7 Å². The van der Waals surface area contributed by atoms with Crippen LogP contribution in [0.2, 0.25) is 0 Å². The highest BCUT2D eigenvalue weighted by Gasteiger charge is 2.23. The van der Waals surface area contributed by atoms with Gasteiger partial charge < -0.3 is 9.80 Å². The monoisotopic (exact) mass is 449 g/mol. The minimum Gasteiger partial charge on any atom is -0.363 e. The Morgan fingerprint density at radius 1 is 1.09 bits per heavy atom. The van der Waals surface area contributed by atoms with Gasteiger partial charge in [-0.25, -0.2) is 9.38 Å². The maximum atomic E-state index is 13.1. The Kier molecular flexibility index (Phi) is 4.94. The second kappa shape index (κ2) is 7.68. The van der Waals surface area contributed by atoms with Crippen LogP contribution < -0.4 is 15.0 Å². The van der Waals surface area contributed by atoms with Crippen molar-refractivity contribution in [3.05, 3.63) is 72.0 Å². The number of aryl methyl sites for hydroxylation is 2. The molecule has 1 aliphatic heterocycles. The number of benzene rings is 2. The molecule has 1 aliphatic rings. The van der Waals surface area contributed by atoms with Crippen molar-refractivity contribution in [1.82, 2.24) is 14.3 Å². The van der Waals surface area contributed by atoms with E-state index in [1.165, 1.54) is 11.3 Å². The molecule has 8 nitrogen and oxygen atoms in total. The first kappa shape index (κ1) is 20.6. The average molecular weight is 450 g/mol.